The zero-order chi connectivity index (χ0) is 45.2. The third-order valence-electron chi connectivity index (χ3n) is 20.5. The number of Topliss-reactive ketones (excluding diaryl/α,β-unsaturated/α-hetero) is 2. The van der Waals surface area contributed by atoms with Gasteiger partial charge < -0.3 is 24.6 Å². The number of aromatic nitrogens is 4. The maximum atomic E-state index is 13.4. The van der Waals surface area contributed by atoms with Crippen LogP contribution in [0.1, 0.15) is 185 Å². The van der Waals surface area contributed by atoms with Crippen LogP contribution < -0.4 is 0 Å². The molecule has 10 rings (SSSR count). The van der Waals surface area contributed by atoms with Crippen LogP contribution in [0.5, 0.6) is 0 Å². The number of carbonyl (C=O) groups excluding carboxylic acids is 2. The molecule has 0 saturated heterocycles. The number of hydrogen-bond donors (Lipinski definition) is 3. The molecule has 8 fully saturated rings. The molecule has 16 atom stereocenters. The summed E-state index contributed by atoms with van der Waals surface area (Å²) >= 11 is 3.43. The molecule has 2 heterocycles. The highest BCUT2D eigenvalue weighted by molar-refractivity contribution is 9.09. The molecule has 8 saturated carbocycles. The second kappa shape index (κ2) is 20.2. The van der Waals surface area contributed by atoms with Crippen molar-refractivity contribution in [1.82, 2.24) is 19.5 Å². The molecule has 11 heteroatoms. The molecule has 368 valence electrons. The molecular formula is C55H87BrN6O4. The van der Waals surface area contributed by atoms with Crippen LogP contribution in [0, 0.1) is 98.7 Å². The van der Waals surface area contributed by atoms with E-state index in [-0.39, 0.29) is 57.3 Å². The highest BCUT2D eigenvalue weighted by atomic mass is 79.9. The minimum absolute atomic E-state index is 0. The Labute approximate surface area is 407 Å². The number of aliphatic hydroxyl groups is 2. The number of carbonyl (C=O) groups is 2. The van der Waals surface area contributed by atoms with Crippen molar-refractivity contribution in [1.29, 1.82) is 5.26 Å². The van der Waals surface area contributed by atoms with E-state index in [0.717, 1.165) is 81.0 Å². The zero-order valence-corrected chi connectivity index (χ0v) is 40.6. The molecule has 2 aromatic heterocycles. The number of alkyl halides is 1. The van der Waals surface area contributed by atoms with Gasteiger partial charge in [-0.2, -0.15) is 10.2 Å². The molecule has 3 N–H and O–H groups in total. The number of fused-ring (bicyclic) bond motifs is 10. The summed E-state index contributed by atoms with van der Waals surface area (Å²) < 4.78 is 1.71. The number of imidazole rings is 2. The lowest BCUT2D eigenvalue weighted by molar-refractivity contribution is -0.151. The van der Waals surface area contributed by atoms with Crippen molar-refractivity contribution >= 4 is 33.4 Å². The summed E-state index contributed by atoms with van der Waals surface area (Å²) in [7, 11) is 0. The monoisotopic (exact) mass is 975 g/mol. The van der Waals surface area contributed by atoms with Gasteiger partial charge in [0.2, 0.25) is 5.82 Å². The summed E-state index contributed by atoms with van der Waals surface area (Å²) in [5.41, 5.74) is 0.184. The molecule has 10 nitrogen and oxygen atoms in total. The van der Waals surface area contributed by atoms with Gasteiger partial charge in [0.05, 0.1) is 29.3 Å². The van der Waals surface area contributed by atoms with Gasteiger partial charge in [-0.3, -0.25) is 9.59 Å². The predicted octanol–water partition coefficient (Wildman–Crippen LogP) is 13.0. The highest BCUT2D eigenvalue weighted by Gasteiger charge is 2.63. The summed E-state index contributed by atoms with van der Waals surface area (Å²) in [5, 5.41) is 31.1. The van der Waals surface area contributed by atoms with E-state index < -0.39 is 11.2 Å². The quantitative estimate of drug-likeness (QED) is 0.199. The predicted molar refractivity (Wildman–Crippen MR) is 267 cm³/mol. The van der Waals surface area contributed by atoms with Gasteiger partial charge >= 0.3 is 5.95 Å². The molecule has 0 unspecified atom stereocenters. The summed E-state index contributed by atoms with van der Waals surface area (Å²) in [6.45, 7) is 20.6. The van der Waals surface area contributed by atoms with E-state index in [1.807, 2.05) is 13.8 Å². The third kappa shape index (κ3) is 9.55. The molecule has 0 amide bonds. The normalized spacial score (nSPS) is 43.6. The van der Waals surface area contributed by atoms with Crippen LogP contribution in [0.3, 0.4) is 0 Å². The van der Waals surface area contributed by atoms with Gasteiger partial charge in [0, 0.05) is 24.2 Å². The lowest BCUT2D eigenvalue weighted by Crippen LogP contribution is -2.55. The van der Waals surface area contributed by atoms with E-state index >= 15 is 0 Å². The molecular weight excluding hydrogens is 889 g/mol. The Morgan fingerprint density at radius 1 is 0.712 bits per heavy atom. The Balaban J connectivity index is 0.000000210. The molecule has 0 spiro atoms. The van der Waals surface area contributed by atoms with E-state index in [9.17, 15) is 25.1 Å². The van der Waals surface area contributed by atoms with Gasteiger partial charge in [-0.25, -0.2) is 4.98 Å². The molecule has 2 aromatic rings. The number of aromatic amines is 1. The maximum absolute atomic E-state index is 13.4. The van der Waals surface area contributed by atoms with Crippen LogP contribution >= 0.6 is 15.9 Å². The molecule has 0 bridgehead atoms. The van der Waals surface area contributed by atoms with Crippen molar-refractivity contribution in [3.05, 3.63) is 42.0 Å². The summed E-state index contributed by atoms with van der Waals surface area (Å²) in [6.07, 6.45) is 27.3. The fourth-order valence-corrected chi connectivity index (χ4v) is 17.6. The summed E-state index contributed by atoms with van der Waals surface area (Å²) in [6, 6.07) is 2.09. The van der Waals surface area contributed by atoms with Crippen LogP contribution in [-0.4, -0.2) is 57.8 Å². The lowest BCUT2D eigenvalue weighted by Gasteiger charge is -2.61. The Bertz CT molecular complexity index is 2070. The van der Waals surface area contributed by atoms with Gasteiger partial charge in [-0.15, -0.1) is 6.57 Å². The zero-order valence-electron chi connectivity index (χ0n) is 39.0. The lowest BCUT2D eigenvalue weighted by atomic mass is 9.44. The second-order valence-electron chi connectivity index (χ2n) is 23.6. The fourth-order valence-electron chi connectivity index (χ4n) is 17.2. The van der Waals surface area contributed by atoms with E-state index in [0.29, 0.717) is 51.5 Å². The standard InChI is InChI=1S/C26H37N3O2.C22H35BrO2.C4H3N3.3CH4/c1-24(31)10-11-25(2)17(14-24)4-5-18-19-6-7-21(26(19,3)9-8-20(18)25)22(30)16-29-13-12-28-23(29)15-27;1-20(25)10-11-21(2)14(12-20)4-5-15-16-6-7-18(19(24)13-23)22(16,3)9-8-17(15)21;1-5-4-6-2-3-7-4;;;/h12-13,17-21,31H,4-11,14,16H2,1-3H3;14-18,25H,4-13H2,1-3H3;2-3H,(H,6,7);3*1H4/t17-,18-,19-,20-,21+,24+,25-,26-;14-,15-,16-,17-,18+,20+,21-,22-;;;;/m00..../s1. The average molecular weight is 976 g/mol. The fraction of sp³-hybridized carbons (Fsp3) is 0.818. The molecule has 66 heavy (non-hydrogen) atoms. The van der Waals surface area contributed by atoms with E-state index in [4.69, 9.17) is 6.57 Å². The number of halogens is 1. The minimum Gasteiger partial charge on any atom is -0.397 e. The van der Waals surface area contributed by atoms with Gasteiger partial charge in [0.1, 0.15) is 18.0 Å². The Morgan fingerprint density at radius 2 is 1.20 bits per heavy atom. The molecule has 8 aliphatic rings. The Hall–Kier alpha value is -2.86. The summed E-state index contributed by atoms with van der Waals surface area (Å²) in [5.74, 6) is 7.62. The molecule has 0 aromatic carbocycles. The van der Waals surface area contributed by atoms with Gasteiger partial charge in [-0.1, -0.05) is 65.9 Å². The first-order valence-electron chi connectivity index (χ1n) is 24.7. The second-order valence-corrected chi connectivity index (χ2v) is 24.2. The van der Waals surface area contributed by atoms with Gasteiger partial charge in [-0.05, 0) is 198 Å². The first kappa shape index (κ1) is 54.1. The van der Waals surface area contributed by atoms with Crippen molar-refractivity contribution in [2.45, 2.75) is 197 Å². The smallest absolute Gasteiger partial charge is 0.336 e. The number of nitrogens with zero attached hydrogens (tertiary/aromatic N) is 5. The van der Waals surface area contributed by atoms with Gasteiger partial charge in [0.25, 0.3) is 0 Å². The topological polar surface area (TPSA) is 149 Å². The highest BCUT2D eigenvalue weighted by Crippen LogP contribution is 2.70. The first-order valence-corrected chi connectivity index (χ1v) is 25.8. The van der Waals surface area contributed by atoms with E-state index in [1.165, 1.54) is 64.2 Å². The third-order valence-corrected chi connectivity index (χ3v) is 21.1. The van der Waals surface area contributed by atoms with Crippen molar-refractivity contribution in [2.75, 3.05) is 5.33 Å². The number of rotatable bonds is 5. The Kier molecular flexibility index (Phi) is 16.6. The number of H-pyrrole nitrogens is 1. The maximum Gasteiger partial charge on any atom is 0.336 e. The molecule has 8 aliphatic carbocycles. The van der Waals surface area contributed by atoms with E-state index in [2.05, 4.69) is 69.5 Å². The summed E-state index contributed by atoms with van der Waals surface area (Å²) in [4.78, 5) is 39.2. The van der Waals surface area contributed by atoms with Crippen molar-refractivity contribution in [3.8, 4) is 6.07 Å². The number of ketones is 2. The minimum atomic E-state index is -0.485. The molecule has 0 radical (unpaired) electrons. The number of nitrogens with one attached hydrogen (secondary N) is 1. The molecule has 0 aliphatic heterocycles. The van der Waals surface area contributed by atoms with Gasteiger partial charge in [0.15, 0.2) is 5.78 Å². The van der Waals surface area contributed by atoms with Crippen LogP contribution in [0.25, 0.3) is 4.85 Å². The van der Waals surface area contributed by atoms with Crippen LogP contribution in [0.15, 0.2) is 24.8 Å². The number of hydrogen-bond acceptors (Lipinski definition) is 7. The van der Waals surface area contributed by atoms with Crippen LogP contribution in [0.4, 0.5) is 5.95 Å². The van der Waals surface area contributed by atoms with Crippen molar-refractivity contribution < 1.29 is 19.8 Å². The largest absolute Gasteiger partial charge is 0.397 e. The van der Waals surface area contributed by atoms with Crippen molar-refractivity contribution in [3.63, 3.8) is 0 Å². The Morgan fingerprint density at radius 3 is 1.62 bits per heavy atom. The number of nitriles is 1. The first-order chi connectivity index (χ1) is 29.8. The van der Waals surface area contributed by atoms with Crippen LogP contribution in [-0.2, 0) is 16.1 Å². The van der Waals surface area contributed by atoms with E-state index in [1.54, 1.807) is 29.4 Å². The van der Waals surface area contributed by atoms with Crippen molar-refractivity contribution in [2.24, 2.45) is 80.8 Å². The van der Waals surface area contributed by atoms with Crippen LogP contribution in [0.2, 0.25) is 0 Å². The SMILES string of the molecule is C.C.C.C[C@@]1(O)CC[C@@]2(C)[C@@H](CC[C@@H]3[C@@H]2CC[C@]2(C)[C@@H](C(=O)CBr)CC[C@@H]32)C1.C[C@@]1(O)CC[C@@]2(C)[C@@H](CC[C@@H]3[C@@H]2CC[C@]2(C)[C@@H](C(=O)Cn4ccnc4C#N)CC[C@@H]32)C1.[C-]#[N+]c1ncc[nH]1. The average Bonchev–Trinajstić information content (AvgIpc) is 4.07.